The summed E-state index contributed by atoms with van der Waals surface area (Å²) in [5.41, 5.74) is 1.35. The number of hydrogen-bond acceptors (Lipinski definition) is 5. The highest BCUT2D eigenvalue weighted by atomic mass is 32.1. The van der Waals surface area contributed by atoms with Crippen molar-refractivity contribution in [3.05, 3.63) is 10.6 Å². The smallest absolute Gasteiger partial charge is 0.185 e. The predicted octanol–water partition coefficient (Wildman–Crippen LogP) is 2.75. The quantitative estimate of drug-likeness (QED) is 0.839. The van der Waals surface area contributed by atoms with Gasteiger partial charge in [-0.05, 0) is 32.2 Å². The van der Waals surface area contributed by atoms with Gasteiger partial charge in [-0.2, -0.15) is 0 Å². The van der Waals surface area contributed by atoms with E-state index in [9.17, 15) is 0 Å². The Hall–Kier alpha value is -0.650. The van der Waals surface area contributed by atoms with Gasteiger partial charge in [0.25, 0.3) is 0 Å². The van der Waals surface area contributed by atoms with Crippen molar-refractivity contribution in [3.63, 3.8) is 0 Å². The maximum absolute atomic E-state index is 5.73. The van der Waals surface area contributed by atoms with E-state index in [0.29, 0.717) is 6.10 Å². The van der Waals surface area contributed by atoms with Gasteiger partial charge < -0.3 is 15.0 Å². The van der Waals surface area contributed by atoms with Gasteiger partial charge in [0.05, 0.1) is 11.8 Å². The second-order valence-corrected chi connectivity index (χ2v) is 6.94. The fourth-order valence-corrected chi connectivity index (χ4v) is 3.81. The summed E-state index contributed by atoms with van der Waals surface area (Å²) >= 11 is 1.86. The molecule has 2 aliphatic rings. The molecule has 2 fully saturated rings. The lowest BCUT2D eigenvalue weighted by Gasteiger charge is -2.19. The Morgan fingerprint density at radius 1 is 1.40 bits per heavy atom. The van der Waals surface area contributed by atoms with E-state index in [4.69, 9.17) is 9.72 Å². The standard InChI is InChI=1S/C15H25N3OS/c1-3-16-9-13-14(11-6-7-11)17-15(20-13)18(2)10-12-5-4-8-19-12/h11-12,16H,3-10H2,1-2H3. The van der Waals surface area contributed by atoms with Gasteiger partial charge in [0.1, 0.15) is 0 Å². The predicted molar refractivity (Wildman–Crippen MR) is 83.7 cm³/mol. The van der Waals surface area contributed by atoms with Crippen LogP contribution in [0.2, 0.25) is 0 Å². The number of ether oxygens (including phenoxy) is 1. The topological polar surface area (TPSA) is 37.4 Å². The Balaban J connectivity index is 1.68. The first-order valence-electron chi connectivity index (χ1n) is 7.81. The number of nitrogens with one attached hydrogen (secondary N) is 1. The third-order valence-corrected chi connectivity index (χ3v) is 5.23. The average molecular weight is 295 g/mol. The van der Waals surface area contributed by atoms with Gasteiger partial charge >= 0.3 is 0 Å². The molecule has 0 amide bonds. The molecular weight excluding hydrogens is 270 g/mol. The van der Waals surface area contributed by atoms with Crippen LogP contribution in [0.15, 0.2) is 0 Å². The van der Waals surface area contributed by atoms with E-state index in [1.807, 2.05) is 11.3 Å². The molecule has 1 atom stereocenters. The van der Waals surface area contributed by atoms with Crippen molar-refractivity contribution >= 4 is 16.5 Å². The van der Waals surface area contributed by atoms with Gasteiger partial charge in [-0.3, -0.25) is 0 Å². The number of likely N-dealkylation sites (N-methyl/N-ethyl adjacent to an activating group) is 1. The Kier molecular flexibility index (Phi) is 4.58. The van der Waals surface area contributed by atoms with Crippen LogP contribution in [0, 0.1) is 0 Å². The summed E-state index contributed by atoms with van der Waals surface area (Å²) in [6.45, 7) is 6.03. The lowest BCUT2D eigenvalue weighted by Crippen LogP contribution is -2.28. The van der Waals surface area contributed by atoms with Crippen LogP contribution in [0.4, 0.5) is 5.13 Å². The minimum absolute atomic E-state index is 0.394. The Morgan fingerprint density at radius 2 is 2.25 bits per heavy atom. The number of aromatic nitrogens is 1. The molecule has 1 aromatic heterocycles. The molecule has 0 spiro atoms. The van der Waals surface area contributed by atoms with Crippen LogP contribution in [-0.4, -0.2) is 37.8 Å². The van der Waals surface area contributed by atoms with Gasteiger partial charge in [-0.25, -0.2) is 4.98 Å². The highest BCUT2D eigenvalue weighted by Gasteiger charge is 2.30. The Labute approximate surface area is 125 Å². The van der Waals surface area contributed by atoms with E-state index in [2.05, 4.69) is 24.2 Å². The van der Waals surface area contributed by atoms with Crippen molar-refractivity contribution in [1.82, 2.24) is 10.3 Å². The van der Waals surface area contributed by atoms with Crippen LogP contribution in [0.1, 0.15) is 49.1 Å². The second-order valence-electron chi connectivity index (χ2n) is 5.88. The van der Waals surface area contributed by atoms with Gasteiger partial charge in [-0.1, -0.05) is 6.92 Å². The zero-order chi connectivity index (χ0) is 13.9. The van der Waals surface area contributed by atoms with E-state index in [-0.39, 0.29) is 0 Å². The minimum atomic E-state index is 0.394. The maximum Gasteiger partial charge on any atom is 0.185 e. The molecular formula is C15H25N3OS. The molecule has 1 aromatic rings. The molecule has 1 unspecified atom stereocenters. The number of nitrogens with zero attached hydrogens (tertiary/aromatic N) is 2. The fraction of sp³-hybridized carbons (Fsp3) is 0.800. The van der Waals surface area contributed by atoms with Crippen molar-refractivity contribution in [2.75, 3.05) is 31.6 Å². The van der Waals surface area contributed by atoms with E-state index in [1.54, 1.807) is 0 Å². The van der Waals surface area contributed by atoms with E-state index in [0.717, 1.165) is 37.3 Å². The van der Waals surface area contributed by atoms with Crippen LogP contribution in [0.3, 0.4) is 0 Å². The molecule has 0 aromatic carbocycles. The molecule has 0 radical (unpaired) electrons. The lowest BCUT2D eigenvalue weighted by atomic mass is 10.2. The minimum Gasteiger partial charge on any atom is -0.376 e. The number of hydrogen-bond donors (Lipinski definition) is 1. The Morgan fingerprint density at radius 3 is 2.90 bits per heavy atom. The van der Waals surface area contributed by atoms with Crippen LogP contribution in [0.5, 0.6) is 0 Å². The molecule has 1 aliphatic heterocycles. The van der Waals surface area contributed by atoms with Crippen LogP contribution in [0.25, 0.3) is 0 Å². The fourth-order valence-electron chi connectivity index (χ4n) is 2.73. The highest BCUT2D eigenvalue weighted by Crippen LogP contribution is 2.44. The summed E-state index contributed by atoms with van der Waals surface area (Å²) in [7, 11) is 2.15. The molecule has 2 heterocycles. The molecule has 3 rings (SSSR count). The van der Waals surface area contributed by atoms with Crippen molar-refractivity contribution in [2.45, 2.75) is 51.2 Å². The van der Waals surface area contributed by atoms with Gasteiger partial charge in [0.2, 0.25) is 0 Å². The van der Waals surface area contributed by atoms with Gasteiger partial charge in [0.15, 0.2) is 5.13 Å². The summed E-state index contributed by atoms with van der Waals surface area (Å²) < 4.78 is 5.73. The molecule has 112 valence electrons. The van der Waals surface area contributed by atoms with Crippen molar-refractivity contribution in [1.29, 1.82) is 0 Å². The normalized spacial score (nSPS) is 22.4. The van der Waals surface area contributed by atoms with Crippen molar-refractivity contribution in [3.8, 4) is 0 Å². The summed E-state index contributed by atoms with van der Waals surface area (Å²) in [4.78, 5) is 8.63. The average Bonchev–Trinajstić information content (AvgIpc) is 3.00. The second kappa shape index (κ2) is 6.41. The first-order valence-corrected chi connectivity index (χ1v) is 8.62. The Bertz CT molecular complexity index is 438. The van der Waals surface area contributed by atoms with Crippen molar-refractivity contribution in [2.24, 2.45) is 0 Å². The van der Waals surface area contributed by atoms with Crippen LogP contribution < -0.4 is 10.2 Å². The first-order chi connectivity index (χ1) is 9.78. The molecule has 20 heavy (non-hydrogen) atoms. The van der Waals surface area contributed by atoms with Crippen molar-refractivity contribution < 1.29 is 4.74 Å². The number of rotatable bonds is 7. The summed E-state index contributed by atoms with van der Waals surface area (Å²) in [6, 6.07) is 0. The molecule has 0 bridgehead atoms. The lowest BCUT2D eigenvalue weighted by molar-refractivity contribution is 0.116. The van der Waals surface area contributed by atoms with Gasteiger partial charge in [0, 0.05) is 37.5 Å². The van der Waals surface area contributed by atoms with E-state index in [1.165, 1.54) is 36.3 Å². The zero-order valence-electron chi connectivity index (χ0n) is 12.5. The summed E-state index contributed by atoms with van der Waals surface area (Å²) in [5.74, 6) is 0.727. The zero-order valence-corrected chi connectivity index (χ0v) is 13.3. The van der Waals surface area contributed by atoms with E-state index >= 15 is 0 Å². The number of anilines is 1. The molecule has 1 saturated heterocycles. The monoisotopic (exact) mass is 295 g/mol. The maximum atomic E-state index is 5.73. The summed E-state index contributed by atoms with van der Waals surface area (Å²) in [6.07, 6.45) is 5.42. The van der Waals surface area contributed by atoms with Gasteiger partial charge in [-0.15, -0.1) is 11.3 Å². The SMILES string of the molecule is CCNCc1sc(N(C)CC2CCCO2)nc1C1CC1. The largest absolute Gasteiger partial charge is 0.376 e. The molecule has 1 saturated carbocycles. The summed E-state index contributed by atoms with van der Waals surface area (Å²) in [5, 5.41) is 4.60. The molecule has 4 nitrogen and oxygen atoms in total. The first kappa shape index (κ1) is 14.3. The van der Waals surface area contributed by atoms with E-state index < -0.39 is 0 Å². The third-order valence-electron chi connectivity index (χ3n) is 4.04. The molecule has 1 aliphatic carbocycles. The van der Waals surface area contributed by atoms with Crippen LogP contribution in [-0.2, 0) is 11.3 Å². The molecule has 1 N–H and O–H groups in total. The number of thiazole rings is 1. The highest BCUT2D eigenvalue weighted by molar-refractivity contribution is 7.15. The third kappa shape index (κ3) is 3.32. The molecule has 5 heteroatoms. The van der Waals surface area contributed by atoms with Crippen LogP contribution >= 0.6 is 11.3 Å².